The summed E-state index contributed by atoms with van der Waals surface area (Å²) >= 11 is 0. The van der Waals surface area contributed by atoms with Crippen LogP contribution in [0.2, 0.25) is 0 Å². The van der Waals surface area contributed by atoms with E-state index in [4.69, 9.17) is 0 Å². The molecule has 0 saturated carbocycles. The Kier molecular flexibility index (Phi) is 5.25. The third-order valence-electron chi connectivity index (χ3n) is 3.11. The first kappa shape index (κ1) is 16.9. The number of sulfonamides is 1. The summed E-state index contributed by atoms with van der Waals surface area (Å²) in [6.45, 7) is 1.69. The van der Waals surface area contributed by atoms with E-state index in [0.717, 1.165) is 0 Å². The van der Waals surface area contributed by atoms with E-state index in [0.29, 0.717) is 16.9 Å². The van der Waals surface area contributed by atoms with Crippen molar-refractivity contribution >= 4 is 27.7 Å². The molecule has 2 rings (SSSR count). The summed E-state index contributed by atoms with van der Waals surface area (Å²) in [6, 6.07) is 10.1. The van der Waals surface area contributed by atoms with Crippen molar-refractivity contribution in [3.63, 3.8) is 0 Å². The van der Waals surface area contributed by atoms with Crippen molar-refractivity contribution in [3.8, 4) is 0 Å². The van der Waals surface area contributed by atoms with Gasteiger partial charge in [-0.05, 0) is 49.9 Å². The van der Waals surface area contributed by atoms with Crippen LogP contribution in [-0.4, -0.2) is 26.4 Å². The summed E-state index contributed by atoms with van der Waals surface area (Å²) in [5, 5.41) is 2.63. The lowest BCUT2D eigenvalue weighted by Gasteiger charge is -2.09. The van der Waals surface area contributed by atoms with Gasteiger partial charge in [0.05, 0.1) is 10.6 Å². The van der Waals surface area contributed by atoms with Crippen LogP contribution in [0.5, 0.6) is 0 Å². The number of nitrogens with zero attached hydrogens (tertiary/aromatic N) is 1. The fourth-order valence-electron chi connectivity index (χ4n) is 1.90. The van der Waals surface area contributed by atoms with Crippen LogP contribution < -0.4 is 10.0 Å². The molecule has 6 nitrogen and oxygen atoms in total. The number of carbonyl (C=O) groups excluding carboxylic acids is 1. The van der Waals surface area contributed by atoms with Crippen molar-refractivity contribution in [2.75, 3.05) is 12.4 Å². The summed E-state index contributed by atoms with van der Waals surface area (Å²) in [4.78, 5) is 16.1. The molecule has 0 aliphatic heterocycles. The van der Waals surface area contributed by atoms with Crippen molar-refractivity contribution < 1.29 is 13.2 Å². The lowest BCUT2D eigenvalue weighted by Crippen LogP contribution is -2.20. The van der Waals surface area contributed by atoms with Gasteiger partial charge in [0.2, 0.25) is 15.9 Å². The fourth-order valence-corrected chi connectivity index (χ4v) is 2.89. The average Bonchev–Trinajstić information content (AvgIpc) is 2.55. The van der Waals surface area contributed by atoms with E-state index < -0.39 is 10.0 Å². The maximum atomic E-state index is 11.9. The minimum atomic E-state index is -3.57. The average molecular weight is 331 g/mol. The van der Waals surface area contributed by atoms with Crippen LogP contribution >= 0.6 is 0 Å². The second kappa shape index (κ2) is 7.17. The molecule has 2 N–H and O–H groups in total. The number of hydrogen-bond donors (Lipinski definition) is 2. The zero-order valence-corrected chi connectivity index (χ0v) is 13.6. The van der Waals surface area contributed by atoms with Gasteiger partial charge in [0.25, 0.3) is 0 Å². The van der Waals surface area contributed by atoms with E-state index >= 15 is 0 Å². The van der Waals surface area contributed by atoms with Crippen molar-refractivity contribution in [3.05, 3.63) is 59.9 Å². The topological polar surface area (TPSA) is 88.2 Å². The Bertz CT molecular complexity index is 831. The number of aryl methyl sites for hydroxylation is 1. The second-order valence-corrected chi connectivity index (χ2v) is 6.62. The molecule has 0 spiro atoms. The summed E-state index contributed by atoms with van der Waals surface area (Å²) < 4.78 is 26.1. The van der Waals surface area contributed by atoms with Crippen molar-refractivity contribution in [1.29, 1.82) is 0 Å². The highest BCUT2D eigenvalue weighted by atomic mass is 32.2. The molecule has 1 aromatic heterocycles. The molecule has 0 atom stereocenters. The second-order valence-electron chi connectivity index (χ2n) is 4.77. The zero-order valence-electron chi connectivity index (χ0n) is 12.8. The Balaban J connectivity index is 2.16. The molecule has 0 unspecified atom stereocenters. The van der Waals surface area contributed by atoms with Crippen LogP contribution in [0.1, 0.15) is 11.3 Å². The number of hydrogen-bond acceptors (Lipinski definition) is 4. The number of anilines is 1. The molecule has 0 radical (unpaired) electrons. The molecule has 23 heavy (non-hydrogen) atoms. The number of pyridine rings is 1. The maximum absolute atomic E-state index is 11.9. The van der Waals surface area contributed by atoms with E-state index in [1.54, 1.807) is 43.5 Å². The Hall–Kier alpha value is -2.51. The molecule has 0 fully saturated rings. The van der Waals surface area contributed by atoms with E-state index in [-0.39, 0.29) is 10.8 Å². The molecule has 1 amide bonds. The minimum Gasteiger partial charge on any atom is -0.322 e. The highest BCUT2D eigenvalue weighted by molar-refractivity contribution is 7.89. The van der Waals surface area contributed by atoms with Gasteiger partial charge in [-0.25, -0.2) is 13.1 Å². The third-order valence-corrected chi connectivity index (χ3v) is 4.66. The van der Waals surface area contributed by atoms with Crippen molar-refractivity contribution in [2.45, 2.75) is 11.8 Å². The fraction of sp³-hybridized carbons (Fsp3) is 0.125. The van der Waals surface area contributed by atoms with Gasteiger partial charge < -0.3 is 5.32 Å². The number of rotatable bonds is 5. The van der Waals surface area contributed by atoms with E-state index in [1.165, 1.54) is 19.2 Å². The first-order valence-electron chi connectivity index (χ1n) is 6.86. The molecule has 0 aliphatic rings. The van der Waals surface area contributed by atoms with Crippen molar-refractivity contribution in [2.24, 2.45) is 0 Å². The Morgan fingerprint density at radius 1 is 1.22 bits per heavy atom. The lowest BCUT2D eigenvalue weighted by molar-refractivity contribution is -0.111. The summed E-state index contributed by atoms with van der Waals surface area (Å²) in [5.74, 6) is -0.368. The van der Waals surface area contributed by atoms with Gasteiger partial charge in [0.15, 0.2) is 0 Å². The number of benzene rings is 1. The van der Waals surface area contributed by atoms with E-state index in [2.05, 4.69) is 15.0 Å². The predicted octanol–water partition coefficient (Wildman–Crippen LogP) is 1.95. The SMILES string of the molecule is CNS(=O)(=O)c1cc(NC(=O)/C=C/c2ccccn2)ccc1C. The Labute approximate surface area is 135 Å². The number of amides is 1. The first-order chi connectivity index (χ1) is 10.9. The highest BCUT2D eigenvalue weighted by Crippen LogP contribution is 2.20. The highest BCUT2D eigenvalue weighted by Gasteiger charge is 2.15. The predicted molar refractivity (Wildman–Crippen MR) is 89.3 cm³/mol. The normalized spacial score (nSPS) is 11.6. The molecule has 1 heterocycles. The Morgan fingerprint density at radius 2 is 2.00 bits per heavy atom. The van der Waals surface area contributed by atoms with Crippen LogP contribution in [0.3, 0.4) is 0 Å². The van der Waals surface area contributed by atoms with Crippen LogP contribution in [0.4, 0.5) is 5.69 Å². The van der Waals surface area contributed by atoms with Crippen LogP contribution in [-0.2, 0) is 14.8 Å². The van der Waals surface area contributed by atoms with Gasteiger partial charge in [-0.15, -0.1) is 0 Å². The quantitative estimate of drug-likeness (QED) is 0.820. The standard InChI is InChI=1S/C16H17N3O3S/c1-12-6-7-14(11-15(12)23(21,22)17-2)19-16(20)9-8-13-5-3-4-10-18-13/h3-11,17H,1-2H3,(H,19,20)/b9-8+. The smallest absolute Gasteiger partial charge is 0.248 e. The molecule has 0 saturated heterocycles. The first-order valence-corrected chi connectivity index (χ1v) is 8.35. The van der Waals surface area contributed by atoms with Gasteiger partial charge in [-0.1, -0.05) is 12.1 Å². The van der Waals surface area contributed by atoms with E-state index in [1.807, 2.05) is 6.07 Å². The van der Waals surface area contributed by atoms with Gasteiger partial charge in [0.1, 0.15) is 0 Å². The monoisotopic (exact) mass is 331 g/mol. The van der Waals surface area contributed by atoms with Crippen molar-refractivity contribution in [1.82, 2.24) is 9.71 Å². The molecule has 2 aromatic rings. The maximum Gasteiger partial charge on any atom is 0.248 e. The molecule has 120 valence electrons. The molecular formula is C16H17N3O3S. The summed E-state index contributed by atoms with van der Waals surface area (Å²) in [7, 11) is -2.23. The number of carbonyl (C=O) groups is 1. The lowest BCUT2D eigenvalue weighted by atomic mass is 10.2. The molecular weight excluding hydrogens is 314 g/mol. The number of aromatic nitrogens is 1. The Morgan fingerprint density at radius 3 is 2.65 bits per heavy atom. The molecule has 1 aromatic carbocycles. The molecule has 0 bridgehead atoms. The third kappa shape index (κ3) is 4.48. The molecule has 0 aliphatic carbocycles. The van der Waals surface area contributed by atoms with Gasteiger partial charge >= 0.3 is 0 Å². The van der Waals surface area contributed by atoms with Gasteiger partial charge in [0, 0.05) is 18.0 Å². The number of nitrogens with one attached hydrogen (secondary N) is 2. The molecule has 7 heteroatoms. The van der Waals surface area contributed by atoms with Gasteiger partial charge in [-0.2, -0.15) is 0 Å². The summed E-state index contributed by atoms with van der Waals surface area (Å²) in [5.41, 5.74) is 1.66. The largest absolute Gasteiger partial charge is 0.322 e. The van der Waals surface area contributed by atoms with E-state index in [9.17, 15) is 13.2 Å². The van der Waals surface area contributed by atoms with Crippen LogP contribution in [0, 0.1) is 6.92 Å². The van der Waals surface area contributed by atoms with Crippen LogP contribution in [0.15, 0.2) is 53.6 Å². The van der Waals surface area contributed by atoms with Crippen LogP contribution in [0.25, 0.3) is 6.08 Å². The zero-order chi connectivity index (χ0) is 16.9. The van der Waals surface area contributed by atoms with Gasteiger partial charge in [-0.3, -0.25) is 9.78 Å². The minimum absolute atomic E-state index is 0.131. The summed E-state index contributed by atoms with van der Waals surface area (Å²) in [6.07, 6.45) is 4.55.